The monoisotopic (exact) mass is 228 g/mol. The van der Waals surface area contributed by atoms with E-state index in [1.165, 1.54) is 6.07 Å². The molecule has 0 bridgehead atoms. The Morgan fingerprint density at radius 3 is 2.83 bits per heavy atom. The van der Waals surface area contributed by atoms with Crippen LogP contribution >= 0.6 is 15.9 Å². The first-order valence-corrected chi connectivity index (χ1v) is 4.44. The van der Waals surface area contributed by atoms with Crippen molar-refractivity contribution in [1.29, 1.82) is 0 Å². The Labute approximate surface area is 77.7 Å². The van der Waals surface area contributed by atoms with Gasteiger partial charge in [0.2, 0.25) is 0 Å². The fourth-order valence-corrected chi connectivity index (χ4v) is 1.96. The van der Waals surface area contributed by atoms with Gasteiger partial charge in [-0.2, -0.15) is 0 Å². The van der Waals surface area contributed by atoms with Gasteiger partial charge in [0.25, 0.3) is 0 Å². The summed E-state index contributed by atoms with van der Waals surface area (Å²) in [6.07, 6.45) is 0.639. The molecular formula is C9H6BrFO. The number of hydrogen-bond donors (Lipinski definition) is 0. The van der Waals surface area contributed by atoms with E-state index in [9.17, 15) is 9.18 Å². The SMILES string of the molecule is O=C1Cc2cc(Br)cc(F)c2C1. The molecule has 2 rings (SSSR count). The molecule has 0 amide bonds. The molecule has 0 aromatic heterocycles. The number of rotatable bonds is 0. The molecule has 0 spiro atoms. The van der Waals surface area contributed by atoms with Crippen molar-refractivity contribution in [2.75, 3.05) is 0 Å². The second kappa shape index (κ2) is 2.66. The van der Waals surface area contributed by atoms with Crippen LogP contribution in [0.15, 0.2) is 16.6 Å². The molecule has 1 nitrogen and oxygen atoms in total. The number of ketones is 1. The molecule has 0 fully saturated rings. The van der Waals surface area contributed by atoms with E-state index >= 15 is 0 Å². The van der Waals surface area contributed by atoms with Crippen LogP contribution in [-0.2, 0) is 17.6 Å². The summed E-state index contributed by atoms with van der Waals surface area (Å²) in [5.41, 5.74) is 1.40. The van der Waals surface area contributed by atoms with Gasteiger partial charge < -0.3 is 0 Å². The Kier molecular flexibility index (Phi) is 1.76. The largest absolute Gasteiger partial charge is 0.299 e. The zero-order chi connectivity index (χ0) is 8.72. The molecule has 1 aromatic carbocycles. The topological polar surface area (TPSA) is 17.1 Å². The molecule has 3 heteroatoms. The van der Waals surface area contributed by atoms with Gasteiger partial charge >= 0.3 is 0 Å². The molecule has 0 atom stereocenters. The molecule has 1 aliphatic rings. The lowest BCUT2D eigenvalue weighted by atomic mass is 10.1. The molecular weight excluding hydrogens is 223 g/mol. The van der Waals surface area contributed by atoms with Gasteiger partial charge in [-0.05, 0) is 23.3 Å². The maximum absolute atomic E-state index is 13.1. The highest BCUT2D eigenvalue weighted by atomic mass is 79.9. The highest BCUT2D eigenvalue weighted by Crippen LogP contribution is 2.26. The van der Waals surface area contributed by atoms with E-state index in [0.717, 1.165) is 5.56 Å². The number of carbonyl (C=O) groups is 1. The normalized spacial score (nSPS) is 15.0. The lowest BCUT2D eigenvalue weighted by Crippen LogP contribution is -1.93. The van der Waals surface area contributed by atoms with Crippen molar-refractivity contribution in [3.8, 4) is 0 Å². The van der Waals surface area contributed by atoms with Crippen molar-refractivity contribution in [1.82, 2.24) is 0 Å². The van der Waals surface area contributed by atoms with E-state index < -0.39 is 0 Å². The summed E-state index contributed by atoms with van der Waals surface area (Å²) in [4.78, 5) is 11.0. The van der Waals surface area contributed by atoms with Crippen molar-refractivity contribution in [3.05, 3.63) is 33.5 Å². The summed E-state index contributed by atoms with van der Waals surface area (Å²) in [7, 11) is 0. The van der Waals surface area contributed by atoms with E-state index in [4.69, 9.17) is 0 Å². The zero-order valence-corrected chi connectivity index (χ0v) is 7.82. The van der Waals surface area contributed by atoms with Crippen molar-refractivity contribution in [3.63, 3.8) is 0 Å². The van der Waals surface area contributed by atoms with E-state index in [-0.39, 0.29) is 18.0 Å². The van der Waals surface area contributed by atoms with Crippen molar-refractivity contribution in [2.45, 2.75) is 12.8 Å². The number of fused-ring (bicyclic) bond motifs is 1. The fourth-order valence-electron chi connectivity index (χ4n) is 1.48. The molecule has 0 saturated carbocycles. The van der Waals surface area contributed by atoms with Crippen molar-refractivity contribution in [2.24, 2.45) is 0 Å². The average Bonchev–Trinajstić information content (AvgIpc) is 2.29. The first-order chi connectivity index (χ1) is 5.66. The van der Waals surface area contributed by atoms with Gasteiger partial charge in [0.1, 0.15) is 11.6 Å². The first-order valence-electron chi connectivity index (χ1n) is 3.65. The van der Waals surface area contributed by atoms with Crippen LogP contribution in [-0.4, -0.2) is 5.78 Å². The van der Waals surface area contributed by atoms with Crippen LogP contribution in [0.1, 0.15) is 11.1 Å². The fraction of sp³-hybridized carbons (Fsp3) is 0.222. The van der Waals surface area contributed by atoms with Gasteiger partial charge in [0, 0.05) is 17.3 Å². The number of benzene rings is 1. The van der Waals surface area contributed by atoms with Crippen molar-refractivity contribution >= 4 is 21.7 Å². The molecule has 0 unspecified atom stereocenters. The van der Waals surface area contributed by atoms with Crippen LogP contribution in [0.25, 0.3) is 0 Å². The summed E-state index contributed by atoms with van der Waals surface area (Å²) in [5.74, 6) is -0.174. The standard InChI is InChI=1S/C9H6BrFO/c10-6-1-5-2-7(12)4-8(5)9(11)3-6/h1,3H,2,4H2. The molecule has 0 N–H and O–H groups in total. The summed E-state index contributed by atoms with van der Waals surface area (Å²) in [6.45, 7) is 0. The third-order valence-corrected chi connectivity index (χ3v) is 2.47. The predicted molar refractivity (Wildman–Crippen MR) is 46.5 cm³/mol. The van der Waals surface area contributed by atoms with Crippen molar-refractivity contribution < 1.29 is 9.18 Å². The maximum Gasteiger partial charge on any atom is 0.141 e. The van der Waals surface area contributed by atoms with Gasteiger partial charge in [-0.1, -0.05) is 15.9 Å². The Balaban J connectivity index is 2.59. The van der Waals surface area contributed by atoms with Crippen LogP contribution in [0, 0.1) is 5.82 Å². The minimum atomic E-state index is -0.273. The smallest absolute Gasteiger partial charge is 0.141 e. The van der Waals surface area contributed by atoms with Crippen LogP contribution < -0.4 is 0 Å². The van der Waals surface area contributed by atoms with E-state index in [2.05, 4.69) is 15.9 Å². The third kappa shape index (κ3) is 1.18. The van der Waals surface area contributed by atoms with Gasteiger partial charge in [-0.15, -0.1) is 0 Å². The molecule has 0 saturated heterocycles. The summed E-state index contributed by atoms with van der Waals surface area (Å²) >= 11 is 3.18. The van der Waals surface area contributed by atoms with Crippen LogP contribution in [0.4, 0.5) is 4.39 Å². The second-order valence-electron chi connectivity index (χ2n) is 2.92. The maximum atomic E-state index is 13.1. The molecule has 12 heavy (non-hydrogen) atoms. The number of hydrogen-bond acceptors (Lipinski definition) is 1. The van der Waals surface area contributed by atoms with Gasteiger partial charge in [0.15, 0.2) is 0 Å². The molecule has 1 aromatic rings. The third-order valence-electron chi connectivity index (χ3n) is 2.01. The summed E-state index contributed by atoms with van der Waals surface area (Å²) in [5, 5.41) is 0. The van der Waals surface area contributed by atoms with E-state index in [0.29, 0.717) is 16.5 Å². The Morgan fingerprint density at radius 1 is 1.33 bits per heavy atom. The zero-order valence-electron chi connectivity index (χ0n) is 6.23. The van der Waals surface area contributed by atoms with Gasteiger partial charge in [-0.25, -0.2) is 4.39 Å². The summed E-state index contributed by atoms with van der Waals surface area (Å²) in [6, 6.07) is 3.21. The van der Waals surface area contributed by atoms with E-state index in [1.807, 2.05) is 6.07 Å². The first kappa shape index (κ1) is 7.92. The van der Waals surface area contributed by atoms with Crippen LogP contribution in [0.5, 0.6) is 0 Å². The highest BCUT2D eigenvalue weighted by molar-refractivity contribution is 9.10. The van der Waals surface area contributed by atoms with Gasteiger partial charge in [0.05, 0.1) is 0 Å². The number of carbonyl (C=O) groups excluding carboxylic acids is 1. The molecule has 62 valence electrons. The Hall–Kier alpha value is -0.700. The van der Waals surface area contributed by atoms with Crippen LogP contribution in [0.3, 0.4) is 0 Å². The Bertz CT molecular complexity index is 360. The second-order valence-corrected chi connectivity index (χ2v) is 3.83. The molecule has 0 aliphatic heterocycles. The lowest BCUT2D eigenvalue weighted by molar-refractivity contribution is -0.117. The minimum absolute atomic E-state index is 0.0991. The average molecular weight is 229 g/mol. The highest BCUT2D eigenvalue weighted by Gasteiger charge is 2.21. The molecule has 0 radical (unpaired) electrons. The minimum Gasteiger partial charge on any atom is -0.299 e. The van der Waals surface area contributed by atoms with Crippen LogP contribution in [0.2, 0.25) is 0 Å². The molecule has 1 aliphatic carbocycles. The lowest BCUT2D eigenvalue weighted by Gasteiger charge is -1.99. The quantitative estimate of drug-likeness (QED) is 0.666. The van der Waals surface area contributed by atoms with Gasteiger partial charge in [-0.3, -0.25) is 4.79 Å². The predicted octanol–water partition coefficient (Wildman–Crippen LogP) is 2.26. The number of Topliss-reactive ketones (excluding diaryl/α,β-unsaturated/α-hetero) is 1. The number of halogens is 2. The Morgan fingerprint density at radius 2 is 2.08 bits per heavy atom. The van der Waals surface area contributed by atoms with E-state index in [1.54, 1.807) is 0 Å². The molecule has 0 heterocycles. The summed E-state index contributed by atoms with van der Waals surface area (Å²) < 4.78 is 13.8.